The molecule has 0 fully saturated rings. The Morgan fingerprint density at radius 2 is 0.513 bits per heavy atom. The Morgan fingerprint density at radius 3 is 0.667 bits per heavy atom. The second-order valence-electron chi connectivity index (χ2n) is 9.09. The molecule has 0 aliphatic heterocycles. The van der Waals surface area contributed by atoms with Crippen LogP contribution in [0.5, 0.6) is 0 Å². The Labute approximate surface area is 266 Å². The summed E-state index contributed by atoms with van der Waals surface area (Å²) < 4.78 is 0. The number of rotatable bonds is 17. The molecule has 0 spiro atoms. The molecule has 0 aliphatic carbocycles. The second-order valence-corrected chi connectivity index (χ2v) is 13.4. The maximum Gasteiger partial charge on any atom is -0.0319 e. The smallest absolute Gasteiger partial charge is 0.0319 e. The van der Waals surface area contributed by atoms with E-state index in [0.717, 1.165) is 16.5 Å². The van der Waals surface area contributed by atoms with E-state index in [1.807, 2.05) is 0 Å². The largest absolute Gasteiger partial charge is 0.114 e. The molecule has 0 aromatic carbocycles. The van der Waals surface area contributed by atoms with Gasteiger partial charge in [0.25, 0.3) is 0 Å². The highest BCUT2D eigenvalue weighted by molar-refractivity contribution is 8.03. The Kier molecular flexibility index (Phi) is 170. The minimum atomic E-state index is 0. The van der Waals surface area contributed by atoms with Crippen LogP contribution in [0.25, 0.3) is 0 Å². The van der Waals surface area contributed by atoms with Gasteiger partial charge in [-0.2, -0.15) is 0 Å². The van der Waals surface area contributed by atoms with Gasteiger partial charge in [0.15, 0.2) is 0 Å². The van der Waals surface area contributed by atoms with Crippen LogP contribution in [0.1, 0.15) is 221 Å². The van der Waals surface area contributed by atoms with Gasteiger partial charge in [-0.25, -0.2) is 0 Å². The SMILES string of the molecule is C.C.C.C.CCCC.CCCCC.CCCCC.CCCCCCC.CCCCCCPP.CCCCPP. The molecule has 0 aliphatic rings. The van der Waals surface area contributed by atoms with E-state index in [1.54, 1.807) is 0 Å². The van der Waals surface area contributed by atoms with Crippen LogP contribution >= 0.6 is 34.4 Å². The first-order valence-corrected chi connectivity index (χ1v) is 21.9. The molecule has 0 saturated heterocycles. The van der Waals surface area contributed by atoms with E-state index in [4.69, 9.17) is 0 Å². The van der Waals surface area contributed by atoms with E-state index in [9.17, 15) is 0 Å². The van der Waals surface area contributed by atoms with Crippen molar-refractivity contribution in [1.29, 1.82) is 0 Å². The molecule has 0 aromatic heterocycles. The zero-order valence-corrected chi connectivity index (χ0v) is 31.3. The van der Waals surface area contributed by atoms with E-state index in [0.29, 0.717) is 0 Å². The van der Waals surface area contributed by atoms with Crippen molar-refractivity contribution in [3.63, 3.8) is 0 Å². The second kappa shape index (κ2) is 97.5. The fourth-order valence-electron chi connectivity index (χ4n) is 2.32. The Balaban J connectivity index is -0.0000000321. The molecular weight excluding hydrogens is 544 g/mol. The first-order chi connectivity index (χ1) is 17.0. The summed E-state index contributed by atoms with van der Waals surface area (Å²) in [6.07, 6.45) is 29.0. The lowest BCUT2D eigenvalue weighted by atomic mass is 10.2. The van der Waals surface area contributed by atoms with Crippen molar-refractivity contribution in [2.45, 2.75) is 221 Å². The molecule has 4 unspecified atom stereocenters. The fourth-order valence-corrected chi connectivity index (χ4v) is 4.55. The van der Waals surface area contributed by atoms with E-state index >= 15 is 0 Å². The summed E-state index contributed by atoms with van der Waals surface area (Å²) >= 11 is 0. The molecule has 4 atom stereocenters. The van der Waals surface area contributed by atoms with Crippen LogP contribution in [-0.2, 0) is 0 Å². The molecule has 0 N–H and O–H groups in total. The van der Waals surface area contributed by atoms with Gasteiger partial charge in [-0.15, -0.1) is 34.4 Å². The van der Waals surface area contributed by atoms with Gasteiger partial charge in [-0.1, -0.05) is 208 Å². The molecular formula is C35H94P4. The lowest BCUT2D eigenvalue weighted by molar-refractivity contribution is 0.656. The van der Waals surface area contributed by atoms with Crippen LogP contribution in [0, 0.1) is 0 Å². The van der Waals surface area contributed by atoms with Crippen molar-refractivity contribution in [3.05, 3.63) is 0 Å². The Morgan fingerprint density at radius 1 is 0.282 bits per heavy atom. The molecule has 0 nitrogen and oxygen atoms in total. The van der Waals surface area contributed by atoms with Crippen LogP contribution in [0.15, 0.2) is 0 Å². The van der Waals surface area contributed by atoms with Crippen LogP contribution in [0.4, 0.5) is 0 Å². The van der Waals surface area contributed by atoms with Gasteiger partial charge in [0.2, 0.25) is 0 Å². The zero-order chi connectivity index (χ0) is 28.3. The third kappa shape index (κ3) is 161. The van der Waals surface area contributed by atoms with Gasteiger partial charge in [0.1, 0.15) is 0 Å². The van der Waals surface area contributed by atoms with Crippen molar-refractivity contribution >= 4 is 34.4 Å². The lowest BCUT2D eigenvalue weighted by Crippen LogP contribution is -1.75. The van der Waals surface area contributed by atoms with E-state index in [2.05, 4.69) is 87.1 Å². The summed E-state index contributed by atoms with van der Waals surface area (Å²) in [5.74, 6) is 0. The van der Waals surface area contributed by atoms with Crippen molar-refractivity contribution in [2.75, 3.05) is 12.3 Å². The molecule has 0 amide bonds. The molecule has 0 rings (SSSR count). The molecule has 39 heavy (non-hydrogen) atoms. The van der Waals surface area contributed by atoms with Gasteiger partial charge in [-0.3, -0.25) is 0 Å². The standard InChI is InChI=1S/C7H16.C6H16P2.2C5H12.C4H12P2.C4H10.4CH4/c1-3-5-7-6-4-2;1-2-3-4-5-6-8-7;2*1-3-5-4-2;1-2-3-4-6-5;1-3-4-2;;;;/h3-7H2,1-2H3;8H,2-7H2,1H3;2*3-5H2,1-2H3;6H,2-5H2,1H3;3-4H2,1-2H3;4*1H4. The maximum atomic E-state index is 2.79. The number of hydrogen-bond acceptors (Lipinski definition) is 0. The monoisotopic (exact) mass is 639 g/mol. The Hall–Kier alpha value is 1.72. The average molecular weight is 639 g/mol. The fraction of sp³-hybridized carbons (Fsp3) is 1.00. The average Bonchev–Trinajstić information content (AvgIpc) is 2.88. The van der Waals surface area contributed by atoms with Crippen LogP contribution in [0.3, 0.4) is 0 Å². The van der Waals surface area contributed by atoms with Crippen LogP contribution in [-0.4, -0.2) is 12.3 Å². The van der Waals surface area contributed by atoms with Gasteiger partial charge in [0, 0.05) is 0 Å². The topological polar surface area (TPSA) is 0 Å². The maximum absolute atomic E-state index is 2.79. The van der Waals surface area contributed by atoms with Crippen molar-refractivity contribution < 1.29 is 0 Å². The lowest BCUT2D eigenvalue weighted by Gasteiger charge is -1.93. The van der Waals surface area contributed by atoms with E-state index in [1.165, 1.54) is 134 Å². The summed E-state index contributed by atoms with van der Waals surface area (Å²) in [6, 6.07) is 0. The molecule has 4 heteroatoms. The summed E-state index contributed by atoms with van der Waals surface area (Å²) in [7, 11) is 7.72. The Bertz CT molecular complexity index is 201. The molecule has 0 saturated carbocycles. The van der Waals surface area contributed by atoms with Gasteiger partial charge in [0.05, 0.1) is 0 Å². The predicted octanol–water partition coefficient (Wildman–Crippen LogP) is 17.0. The third-order valence-electron chi connectivity index (χ3n) is 4.97. The molecule has 0 bridgehead atoms. The predicted molar refractivity (Wildman–Crippen MR) is 217 cm³/mol. The highest BCUT2D eigenvalue weighted by atomic mass is 32.0. The van der Waals surface area contributed by atoms with E-state index in [-0.39, 0.29) is 29.7 Å². The van der Waals surface area contributed by atoms with Gasteiger partial charge in [-0.05, 0) is 25.2 Å². The van der Waals surface area contributed by atoms with Gasteiger partial charge >= 0.3 is 0 Å². The van der Waals surface area contributed by atoms with E-state index < -0.39 is 0 Å². The van der Waals surface area contributed by atoms with Crippen molar-refractivity contribution in [3.8, 4) is 0 Å². The highest BCUT2D eigenvalue weighted by Gasteiger charge is 1.83. The molecule has 0 aromatic rings. The zero-order valence-electron chi connectivity index (χ0n) is 27.0. The molecule has 0 heterocycles. The minimum absolute atomic E-state index is 0. The normalized spacial score (nSPS) is 8.62. The third-order valence-corrected chi connectivity index (χ3v) is 7.99. The summed E-state index contributed by atoms with van der Waals surface area (Å²) in [6.45, 7) is 22.2. The molecule has 254 valence electrons. The first-order valence-electron chi connectivity index (χ1n) is 15.9. The minimum Gasteiger partial charge on any atom is -0.114 e. The number of unbranched alkanes of at least 4 members (excludes halogenated alkanes) is 13. The summed E-state index contributed by atoms with van der Waals surface area (Å²) in [5, 5.41) is 0. The summed E-state index contributed by atoms with van der Waals surface area (Å²) in [5.41, 5.74) is 0. The quantitative estimate of drug-likeness (QED) is 0.110. The molecule has 0 radical (unpaired) electrons. The first kappa shape index (κ1) is 68.1. The van der Waals surface area contributed by atoms with Crippen molar-refractivity contribution in [1.82, 2.24) is 0 Å². The summed E-state index contributed by atoms with van der Waals surface area (Å²) in [4.78, 5) is 0. The van der Waals surface area contributed by atoms with Crippen molar-refractivity contribution in [2.24, 2.45) is 0 Å². The van der Waals surface area contributed by atoms with Crippen LogP contribution in [0.2, 0.25) is 0 Å². The number of hydrogen-bond donors (Lipinski definition) is 0. The van der Waals surface area contributed by atoms with Crippen LogP contribution < -0.4 is 0 Å². The van der Waals surface area contributed by atoms with Gasteiger partial charge < -0.3 is 0 Å². The highest BCUT2D eigenvalue weighted by Crippen LogP contribution is 2.21.